The molecule has 0 saturated heterocycles. The fourth-order valence-corrected chi connectivity index (χ4v) is 7.45. The molecule has 0 aliphatic heterocycles. The molecule has 3 fully saturated rings. The van der Waals surface area contributed by atoms with Crippen molar-refractivity contribution < 1.29 is 9.50 Å². The molecular weight excluding hydrogens is 287 g/mol. The number of fused-ring (bicyclic) bond motifs is 5. The third-order valence-electron chi connectivity index (χ3n) is 8.70. The molecule has 1 unspecified atom stereocenters. The zero-order valence-corrected chi connectivity index (χ0v) is 15.0. The van der Waals surface area contributed by atoms with Crippen LogP contribution in [0.4, 0.5) is 4.39 Å². The van der Waals surface area contributed by atoms with Crippen LogP contribution in [0.15, 0.2) is 11.6 Å². The van der Waals surface area contributed by atoms with Crippen molar-refractivity contribution in [1.82, 2.24) is 0 Å². The van der Waals surface area contributed by atoms with Crippen molar-refractivity contribution in [2.24, 2.45) is 34.5 Å². The highest BCUT2D eigenvalue weighted by Gasteiger charge is 2.59. The Morgan fingerprint density at radius 2 is 1.91 bits per heavy atom. The number of hydrogen-bond donors (Lipinski definition) is 1. The van der Waals surface area contributed by atoms with Gasteiger partial charge in [0.05, 0.1) is 6.10 Å². The van der Waals surface area contributed by atoms with Crippen LogP contribution < -0.4 is 0 Å². The van der Waals surface area contributed by atoms with Crippen molar-refractivity contribution in [2.75, 3.05) is 0 Å². The monoisotopic (exact) mass is 320 g/mol. The van der Waals surface area contributed by atoms with E-state index in [0.29, 0.717) is 17.8 Å². The van der Waals surface area contributed by atoms with E-state index in [2.05, 4.69) is 19.9 Å². The maximum atomic E-state index is 13.9. The quantitative estimate of drug-likeness (QED) is 0.651. The van der Waals surface area contributed by atoms with E-state index in [0.717, 1.165) is 37.0 Å². The third-order valence-corrected chi connectivity index (χ3v) is 8.70. The predicted molar refractivity (Wildman–Crippen MR) is 91.8 cm³/mol. The highest BCUT2D eigenvalue weighted by Crippen LogP contribution is 2.66. The molecule has 0 amide bonds. The Bertz CT molecular complexity index is 512. The molecule has 2 heteroatoms. The van der Waals surface area contributed by atoms with Crippen LogP contribution in [0.1, 0.15) is 72.1 Å². The Balaban J connectivity index is 1.65. The highest BCUT2D eigenvalue weighted by molar-refractivity contribution is 5.25. The molecule has 0 spiro atoms. The standard InChI is InChI=1S/C21H33FO/c1-13(23)17-6-7-18-16-5-4-14-12-15(22)8-10-20(14,2)19(16)9-11-21(17,18)3/h4,13,15-19,23H,5-12H2,1-3H3/t13?,15-,16-,17+,18-,19-,20-,21+/m0/s1. The number of aliphatic hydroxyl groups excluding tert-OH is 1. The van der Waals surface area contributed by atoms with E-state index in [4.69, 9.17) is 0 Å². The molecule has 0 heterocycles. The summed E-state index contributed by atoms with van der Waals surface area (Å²) in [5, 5.41) is 10.3. The Hall–Kier alpha value is -0.370. The molecule has 4 aliphatic carbocycles. The van der Waals surface area contributed by atoms with Crippen LogP contribution >= 0.6 is 0 Å². The SMILES string of the molecule is CC(O)[C@H]1CC[C@H]2[C@@H]3CC=C4C[C@@H](F)CC[C@]4(C)[C@H]3CC[C@]12C. The second-order valence-corrected chi connectivity index (χ2v) is 9.57. The number of allylic oxidation sites excluding steroid dienone is 2. The summed E-state index contributed by atoms with van der Waals surface area (Å²) in [6.45, 7) is 6.89. The normalized spacial score (nSPS) is 53.8. The van der Waals surface area contributed by atoms with Gasteiger partial charge in [-0.15, -0.1) is 0 Å². The zero-order chi connectivity index (χ0) is 16.4. The van der Waals surface area contributed by atoms with Gasteiger partial charge < -0.3 is 5.11 Å². The molecule has 130 valence electrons. The minimum Gasteiger partial charge on any atom is -0.393 e. The van der Waals surface area contributed by atoms with Crippen molar-refractivity contribution in [1.29, 1.82) is 0 Å². The van der Waals surface area contributed by atoms with E-state index in [-0.39, 0.29) is 11.5 Å². The van der Waals surface area contributed by atoms with Crippen molar-refractivity contribution in [3.8, 4) is 0 Å². The number of halogens is 1. The largest absolute Gasteiger partial charge is 0.393 e. The summed E-state index contributed by atoms with van der Waals surface area (Å²) in [5.74, 6) is 2.76. The number of hydrogen-bond acceptors (Lipinski definition) is 1. The van der Waals surface area contributed by atoms with Gasteiger partial charge in [0.25, 0.3) is 0 Å². The summed E-state index contributed by atoms with van der Waals surface area (Å²) < 4.78 is 13.9. The average molecular weight is 320 g/mol. The van der Waals surface area contributed by atoms with Gasteiger partial charge in [-0.3, -0.25) is 0 Å². The Labute approximate surface area is 140 Å². The fraction of sp³-hybridized carbons (Fsp3) is 0.905. The minimum absolute atomic E-state index is 0.172. The first kappa shape index (κ1) is 16.1. The first-order valence-corrected chi connectivity index (χ1v) is 9.88. The highest BCUT2D eigenvalue weighted by atomic mass is 19.1. The summed E-state index contributed by atoms with van der Waals surface area (Å²) >= 11 is 0. The Morgan fingerprint density at radius 3 is 2.65 bits per heavy atom. The van der Waals surface area contributed by atoms with Gasteiger partial charge in [0.15, 0.2) is 0 Å². The van der Waals surface area contributed by atoms with Crippen molar-refractivity contribution in [2.45, 2.75) is 84.4 Å². The smallest absolute Gasteiger partial charge is 0.104 e. The molecule has 4 aliphatic rings. The molecule has 8 atom stereocenters. The van der Waals surface area contributed by atoms with E-state index in [1.807, 2.05) is 6.92 Å². The molecular formula is C21H33FO. The van der Waals surface area contributed by atoms with E-state index < -0.39 is 6.17 Å². The van der Waals surface area contributed by atoms with E-state index in [1.165, 1.54) is 31.3 Å². The zero-order valence-electron chi connectivity index (χ0n) is 15.0. The van der Waals surface area contributed by atoms with Gasteiger partial charge >= 0.3 is 0 Å². The lowest BCUT2D eigenvalue weighted by Crippen LogP contribution is -2.51. The Kier molecular flexibility index (Phi) is 3.72. The first-order chi connectivity index (χ1) is 10.9. The van der Waals surface area contributed by atoms with Crippen LogP contribution in [-0.4, -0.2) is 17.4 Å². The third kappa shape index (κ3) is 2.19. The second-order valence-electron chi connectivity index (χ2n) is 9.57. The van der Waals surface area contributed by atoms with Crippen LogP contribution in [0.25, 0.3) is 0 Å². The van der Waals surface area contributed by atoms with E-state index in [9.17, 15) is 9.50 Å². The summed E-state index contributed by atoms with van der Waals surface area (Å²) in [5.41, 5.74) is 2.02. The molecule has 0 aromatic heterocycles. The van der Waals surface area contributed by atoms with E-state index >= 15 is 0 Å². The molecule has 4 rings (SSSR count). The lowest BCUT2D eigenvalue weighted by molar-refractivity contribution is -0.0648. The summed E-state index contributed by atoms with van der Waals surface area (Å²) in [6.07, 6.45) is 10.3. The summed E-state index contributed by atoms with van der Waals surface area (Å²) in [7, 11) is 0. The average Bonchev–Trinajstić information content (AvgIpc) is 2.85. The van der Waals surface area contributed by atoms with Crippen molar-refractivity contribution in [3.63, 3.8) is 0 Å². The first-order valence-electron chi connectivity index (χ1n) is 9.88. The number of rotatable bonds is 1. The summed E-state index contributed by atoms with van der Waals surface area (Å²) in [4.78, 5) is 0. The van der Waals surface area contributed by atoms with Crippen LogP contribution in [0.5, 0.6) is 0 Å². The molecule has 0 aromatic carbocycles. The molecule has 0 bridgehead atoms. The second kappa shape index (κ2) is 5.31. The van der Waals surface area contributed by atoms with Gasteiger partial charge in [0.1, 0.15) is 6.17 Å². The van der Waals surface area contributed by atoms with Gasteiger partial charge in [-0.2, -0.15) is 0 Å². The molecule has 3 saturated carbocycles. The number of aliphatic hydroxyl groups is 1. The topological polar surface area (TPSA) is 20.2 Å². The van der Waals surface area contributed by atoms with Crippen LogP contribution in [0.3, 0.4) is 0 Å². The molecule has 0 radical (unpaired) electrons. The molecule has 0 aromatic rings. The fourth-order valence-electron chi connectivity index (χ4n) is 7.45. The van der Waals surface area contributed by atoms with Gasteiger partial charge in [-0.1, -0.05) is 25.5 Å². The van der Waals surface area contributed by atoms with Crippen molar-refractivity contribution >= 4 is 0 Å². The van der Waals surface area contributed by atoms with Gasteiger partial charge in [0.2, 0.25) is 0 Å². The van der Waals surface area contributed by atoms with Gasteiger partial charge in [-0.25, -0.2) is 4.39 Å². The molecule has 23 heavy (non-hydrogen) atoms. The van der Waals surface area contributed by atoms with Crippen molar-refractivity contribution in [3.05, 3.63) is 11.6 Å². The minimum atomic E-state index is -0.606. The maximum absolute atomic E-state index is 13.9. The lowest BCUT2D eigenvalue weighted by Gasteiger charge is -2.58. The van der Waals surface area contributed by atoms with Crippen LogP contribution in [-0.2, 0) is 0 Å². The maximum Gasteiger partial charge on any atom is 0.104 e. The van der Waals surface area contributed by atoms with Gasteiger partial charge in [-0.05, 0) is 86.4 Å². The van der Waals surface area contributed by atoms with Crippen LogP contribution in [0, 0.1) is 34.5 Å². The van der Waals surface area contributed by atoms with Gasteiger partial charge in [0, 0.05) is 6.42 Å². The summed E-state index contributed by atoms with van der Waals surface area (Å²) in [6, 6.07) is 0. The molecule has 1 nitrogen and oxygen atoms in total. The van der Waals surface area contributed by atoms with E-state index in [1.54, 1.807) is 0 Å². The Morgan fingerprint density at radius 1 is 1.13 bits per heavy atom. The van der Waals surface area contributed by atoms with Crippen LogP contribution in [0.2, 0.25) is 0 Å². The lowest BCUT2D eigenvalue weighted by atomic mass is 9.47. The number of alkyl halides is 1. The predicted octanol–water partition coefficient (Wildman–Crippen LogP) is 5.28. The molecule has 1 N–H and O–H groups in total.